The van der Waals surface area contributed by atoms with E-state index in [1.807, 2.05) is 6.92 Å². The van der Waals surface area contributed by atoms with Crippen molar-refractivity contribution in [2.75, 3.05) is 0 Å². The first-order valence-electron chi connectivity index (χ1n) is 6.74. The summed E-state index contributed by atoms with van der Waals surface area (Å²) < 4.78 is 0. The molecule has 1 atom stereocenters. The Bertz CT molecular complexity index is 518. The van der Waals surface area contributed by atoms with Gasteiger partial charge in [0.1, 0.15) is 5.69 Å². The largest absolute Gasteiger partial charge is 0.478 e. The van der Waals surface area contributed by atoms with Crippen molar-refractivity contribution >= 4 is 18.0 Å². The van der Waals surface area contributed by atoms with Gasteiger partial charge in [0, 0.05) is 18.3 Å². The number of carboxylic acids is 1. The van der Waals surface area contributed by atoms with E-state index in [-0.39, 0.29) is 11.9 Å². The molecular weight excluding hydrogens is 256 g/mol. The zero-order valence-electron chi connectivity index (χ0n) is 11.4. The maximum absolute atomic E-state index is 12.0. The highest BCUT2D eigenvalue weighted by Crippen LogP contribution is 2.29. The number of pyridine rings is 1. The average Bonchev–Trinajstić information content (AvgIpc) is 2.34. The Morgan fingerprint density at radius 2 is 2.20 bits per heavy atom. The van der Waals surface area contributed by atoms with Gasteiger partial charge in [0.15, 0.2) is 0 Å². The zero-order chi connectivity index (χ0) is 14.5. The smallest absolute Gasteiger partial charge is 0.328 e. The Morgan fingerprint density at radius 3 is 2.70 bits per heavy atom. The quantitative estimate of drug-likeness (QED) is 0.806. The van der Waals surface area contributed by atoms with Crippen molar-refractivity contribution < 1.29 is 14.7 Å². The number of aromatic nitrogens is 1. The number of carbonyl (C=O) groups excluding carboxylic acids is 1. The standard InChI is InChI=1S/C15H18N2O3/c1-10(12-3-2-4-12)17-15(20)13-7-5-11(9-16-13)6-8-14(18)19/h5-10,12H,2-4H2,1H3,(H,17,20)(H,18,19)/b8-6+. The summed E-state index contributed by atoms with van der Waals surface area (Å²) in [5.74, 6) is -0.615. The minimum Gasteiger partial charge on any atom is -0.478 e. The van der Waals surface area contributed by atoms with Crippen LogP contribution in [0.4, 0.5) is 0 Å². The maximum atomic E-state index is 12.0. The summed E-state index contributed by atoms with van der Waals surface area (Å²) in [7, 11) is 0. The molecule has 1 heterocycles. The van der Waals surface area contributed by atoms with Crippen LogP contribution < -0.4 is 5.32 Å². The van der Waals surface area contributed by atoms with Gasteiger partial charge in [-0.05, 0) is 43.4 Å². The van der Waals surface area contributed by atoms with E-state index in [4.69, 9.17) is 5.11 Å². The van der Waals surface area contributed by atoms with Crippen LogP contribution in [-0.2, 0) is 4.79 Å². The molecule has 1 aliphatic rings. The number of aliphatic carboxylic acids is 1. The SMILES string of the molecule is CC(NC(=O)c1ccc(/C=C/C(=O)O)cn1)C1CCC1. The third kappa shape index (κ3) is 3.66. The second-order valence-electron chi connectivity index (χ2n) is 5.10. The maximum Gasteiger partial charge on any atom is 0.328 e. The highest BCUT2D eigenvalue weighted by Gasteiger charge is 2.25. The minimum atomic E-state index is -1.01. The third-order valence-corrected chi connectivity index (χ3v) is 3.65. The van der Waals surface area contributed by atoms with E-state index in [1.54, 1.807) is 12.1 Å². The average molecular weight is 274 g/mol. The Kier molecular flexibility index (Phi) is 4.50. The van der Waals surface area contributed by atoms with Crippen molar-refractivity contribution in [3.8, 4) is 0 Å². The van der Waals surface area contributed by atoms with Crippen molar-refractivity contribution in [3.63, 3.8) is 0 Å². The lowest BCUT2D eigenvalue weighted by Gasteiger charge is -2.31. The number of amides is 1. The molecule has 1 fully saturated rings. The van der Waals surface area contributed by atoms with Gasteiger partial charge in [0.2, 0.25) is 0 Å². The lowest BCUT2D eigenvalue weighted by Crippen LogP contribution is -2.40. The molecule has 1 aromatic rings. The number of nitrogens with one attached hydrogen (secondary N) is 1. The molecule has 0 bridgehead atoms. The molecule has 5 nitrogen and oxygen atoms in total. The molecule has 1 aliphatic carbocycles. The van der Waals surface area contributed by atoms with E-state index in [9.17, 15) is 9.59 Å². The van der Waals surface area contributed by atoms with Crippen LogP contribution in [0.2, 0.25) is 0 Å². The van der Waals surface area contributed by atoms with Crippen molar-refractivity contribution in [2.24, 2.45) is 5.92 Å². The molecule has 1 saturated carbocycles. The number of nitrogens with zero attached hydrogens (tertiary/aromatic N) is 1. The van der Waals surface area contributed by atoms with Gasteiger partial charge in [-0.3, -0.25) is 9.78 Å². The van der Waals surface area contributed by atoms with Crippen molar-refractivity contribution in [1.82, 2.24) is 10.3 Å². The molecule has 20 heavy (non-hydrogen) atoms. The van der Waals surface area contributed by atoms with Crippen LogP contribution in [0.15, 0.2) is 24.4 Å². The molecule has 1 aromatic heterocycles. The van der Waals surface area contributed by atoms with Gasteiger partial charge in [-0.2, -0.15) is 0 Å². The fourth-order valence-corrected chi connectivity index (χ4v) is 2.14. The van der Waals surface area contributed by atoms with Gasteiger partial charge >= 0.3 is 5.97 Å². The van der Waals surface area contributed by atoms with Gasteiger partial charge in [0.05, 0.1) is 0 Å². The minimum absolute atomic E-state index is 0.171. The lowest BCUT2D eigenvalue weighted by atomic mass is 9.80. The number of hydrogen-bond donors (Lipinski definition) is 2. The summed E-state index contributed by atoms with van der Waals surface area (Å²) >= 11 is 0. The summed E-state index contributed by atoms with van der Waals surface area (Å²) in [6.45, 7) is 2.02. The van der Waals surface area contributed by atoms with Crippen molar-refractivity contribution in [3.05, 3.63) is 35.7 Å². The van der Waals surface area contributed by atoms with Crippen LogP contribution in [0.1, 0.15) is 42.2 Å². The molecule has 0 spiro atoms. The number of carboxylic acid groups (broad SMARTS) is 1. The van der Waals surface area contributed by atoms with Crippen LogP contribution in [0.5, 0.6) is 0 Å². The first-order valence-corrected chi connectivity index (χ1v) is 6.74. The van der Waals surface area contributed by atoms with Gasteiger partial charge in [-0.1, -0.05) is 12.5 Å². The van der Waals surface area contributed by atoms with E-state index in [0.717, 1.165) is 6.08 Å². The number of rotatable bonds is 5. The fraction of sp³-hybridized carbons (Fsp3) is 0.400. The van der Waals surface area contributed by atoms with Crippen molar-refractivity contribution in [2.45, 2.75) is 32.2 Å². The summed E-state index contributed by atoms with van der Waals surface area (Å²) in [4.78, 5) is 26.4. The normalized spacial score (nSPS) is 16.6. The predicted molar refractivity (Wildman–Crippen MR) is 75.2 cm³/mol. The molecular formula is C15H18N2O3. The van der Waals surface area contributed by atoms with E-state index in [1.165, 1.54) is 31.5 Å². The van der Waals surface area contributed by atoms with Gasteiger partial charge in [-0.25, -0.2) is 4.79 Å². The Hall–Kier alpha value is -2.17. The third-order valence-electron chi connectivity index (χ3n) is 3.65. The lowest BCUT2D eigenvalue weighted by molar-refractivity contribution is -0.131. The van der Waals surface area contributed by atoms with Gasteiger partial charge in [0.25, 0.3) is 5.91 Å². The van der Waals surface area contributed by atoms with Crippen molar-refractivity contribution in [1.29, 1.82) is 0 Å². The van der Waals surface area contributed by atoms with E-state index >= 15 is 0 Å². The first kappa shape index (κ1) is 14.2. The molecule has 0 saturated heterocycles. The first-order chi connectivity index (χ1) is 9.56. The van der Waals surface area contributed by atoms with E-state index < -0.39 is 5.97 Å². The Balaban J connectivity index is 1.94. The molecule has 5 heteroatoms. The second kappa shape index (κ2) is 6.32. The fourth-order valence-electron chi connectivity index (χ4n) is 2.14. The highest BCUT2D eigenvalue weighted by atomic mass is 16.4. The monoisotopic (exact) mass is 274 g/mol. The molecule has 106 valence electrons. The summed E-state index contributed by atoms with van der Waals surface area (Å²) in [6.07, 6.45) is 7.56. The highest BCUT2D eigenvalue weighted by molar-refractivity contribution is 5.92. The molecule has 0 aliphatic heterocycles. The molecule has 2 N–H and O–H groups in total. The second-order valence-corrected chi connectivity index (χ2v) is 5.10. The van der Waals surface area contributed by atoms with Crippen LogP contribution in [-0.4, -0.2) is 28.0 Å². The molecule has 1 unspecified atom stereocenters. The van der Waals surface area contributed by atoms with Crippen LogP contribution in [0, 0.1) is 5.92 Å². The summed E-state index contributed by atoms with van der Waals surface area (Å²) in [6, 6.07) is 3.45. The molecule has 2 rings (SSSR count). The van der Waals surface area contributed by atoms with Gasteiger partial charge in [-0.15, -0.1) is 0 Å². The molecule has 0 radical (unpaired) electrons. The summed E-state index contributed by atoms with van der Waals surface area (Å²) in [5, 5.41) is 11.5. The van der Waals surface area contributed by atoms with Crippen LogP contribution >= 0.6 is 0 Å². The molecule has 1 amide bonds. The molecule has 0 aromatic carbocycles. The Morgan fingerprint density at radius 1 is 1.45 bits per heavy atom. The van der Waals surface area contributed by atoms with E-state index in [2.05, 4.69) is 10.3 Å². The number of carbonyl (C=O) groups is 2. The zero-order valence-corrected chi connectivity index (χ0v) is 11.4. The van der Waals surface area contributed by atoms with Crippen LogP contribution in [0.3, 0.4) is 0 Å². The van der Waals surface area contributed by atoms with Gasteiger partial charge < -0.3 is 10.4 Å². The topological polar surface area (TPSA) is 79.3 Å². The summed E-state index contributed by atoms with van der Waals surface area (Å²) in [5.41, 5.74) is 1.000. The Labute approximate surface area is 117 Å². The van der Waals surface area contributed by atoms with E-state index in [0.29, 0.717) is 17.2 Å². The number of hydrogen-bond acceptors (Lipinski definition) is 3. The van der Waals surface area contributed by atoms with Crippen LogP contribution in [0.25, 0.3) is 6.08 Å². The predicted octanol–water partition coefficient (Wildman–Crippen LogP) is 2.10.